The summed E-state index contributed by atoms with van der Waals surface area (Å²) < 4.78 is 17.2. The Labute approximate surface area is 136 Å². The van der Waals surface area contributed by atoms with E-state index in [1.54, 1.807) is 0 Å². The molecule has 130 valence electrons. The van der Waals surface area contributed by atoms with E-state index in [0.29, 0.717) is 19.7 Å². The zero-order valence-electron chi connectivity index (χ0n) is 13.5. The van der Waals surface area contributed by atoms with E-state index in [1.807, 2.05) is 0 Å². The fourth-order valence-electron chi connectivity index (χ4n) is 3.45. The molecule has 23 heavy (non-hydrogen) atoms. The van der Waals surface area contributed by atoms with Gasteiger partial charge < -0.3 is 24.8 Å². The van der Waals surface area contributed by atoms with Gasteiger partial charge in [0.15, 0.2) is 5.79 Å². The lowest BCUT2D eigenvalue weighted by molar-refractivity contribution is -0.186. The number of ether oxygens (including phenoxy) is 3. The van der Waals surface area contributed by atoms with Crippen LogP contribution in [-0.2, 0) is 23.8 Å². The van der Waals surface area contributed by atoms with Crippen LogP contribution in [0.5, 0.6) is 0 Å². The Kier molecular flexibility index (Phi) is 5.50. The molecule has 0 aromatic heterocycles. The molecule has 2 N–H and O–H groups in total. The van der Waals surface area contributed by atoms with Crippen molar-refractivity contribution in [3.63, 3.8) is 0 Å². The van der Waals surface area contributed by atoms with Crippen LogP contribution in [0.25, 0.3) is 0 Å². The lowest BCUT2D eigenvalue weighted by Gasteiger charge is -2.31. The summed E-state index contributed by atoms with van der Waals surface area (Å²) in [6.45, 7) is 1.89. The molecule has 7 nitrogen and oxygen atoms in total. The van der Waals surface area contributed by atoms with Crippen LogP contribution >= 0.6 is 0 Å². The predicted molar refractivity (Wildman–Crippen MR) is 81.6 cm³/mol. The average Bonchev–Trinajstić information content (AvgIpc) is 3.21. The highest BCUT2D eigenvalue weighted by molar-refractivity contribution is 6.35. The molecule has 2 aliphatic heterocycles. The molecule has 2 atom stereocenters. The van der Waals surface area contributed by atoms with Crippen molar-refractivity contribution in [3.05, 3.63) is 0 Å². The third-order valence-electron chi connectivity index (χ3n) is 4.74. The maximum absolute atomic E-state index is 11.8. The summed E-state index contributed by atoms with van der Waals surface area (Å²) in [6.07, 6.45) is 7.08. The number of carbonyl (C=O) groups is 2. The first-order valence-electron chi connectivity index (χ1n) is 8.66. The Hall–Kier alpha value is -1.18. The van der Waals surface area contributed by atoms with Crippen LogP contribution in [0.3, 0.4) is 0 Å². The van der Waals surface area contributed by atoms with Gasteiger partial charge in [-0.2, -0.15) is 0 Å². The summed E-state index contributed by atoms with van der Waals surface area (Å²) in [6, 6.07) is 0. The summed E-state index contributed by atoms with van der Waals surface area (Å²) in [5.41, 5.74) is 0. The van der Waals surface area contributed by atoms with Crippen molar-refractivity contribution < 1.29 is 23.8 Å². The highest BCUT2D eigenvalue weighted by Crippen LogP contribution is 2.37. The lowest BCUT2D eigenvalue weighted by atomic mass is 9.94. The van der Waals surface area contributed by atoms with E-state index in [2.05, 4.69) is 10.6 Å². The second-order valence-corrected chi connectivity index (χ2v) is 6.58. The van der Waals surface area contributed by atoms with Crippen molar-refractivity contribution in [1.82, 2.24) is 10.6 Å². The summed E-state index contributed by atoms with van der Waals surface area (Å²) in [5, 5.41) is 5.23. The van der Waals surface area contributed by atoms with Gasteiger partial charge in [-0.3, -0.25) is 9.59 Å². The summed E-state index contributed by atoms with van der Waals surface area (Å²) in [7, 11) is 0. The van der Waals surface area contributed by atoms with E-state index in [4.69, 9.17) is 14.2 Å². The third kappa shape index (κ3) is 4.43. The minimum Gasteiger partial charge on any atom is -0.376 e. The molecule has 0 unspecified atom stereocenters. The largest absolute Gasteiger partial charge is 0.376 e. The van der Waals surface area contributed by atoms with E-state index in [-0.39, 0.29) is 12.2 Å². The standard InChI is InChI=1S/C16H26N2O5/c19-14(17-9-12-5-4-8-21-12)15(20)18-10-13-11-22-16(23-13)6-2-1-3-7-16/h12-13H,1-11H2,(H,17,19)(H,18,20)/t12-,13+/m0/s1. The molecule has 2 heterocycles. The van der Waals surface area contributed by atoms with Crippen LogP contribution in [0.1, 0.15) is 44.9 Å². The Balaban J connectivity index is 1.34. The monoisotopic (exact) mass is 326 g/mol. The summed E-state index contributed by atoms with van der Waals surface area (Å²) in [5.74, 6) is -1.70. The quantitative estimate of drug-likeness (QED) is 0.734. The highest BCUT2D eigenvalue weighted by atomic mass is 16.7. The van der Waals surface area contributed by atoms with Gasteiger partial charge in [-0.1, -0.05) is 6.42 Å². The smallest absolute Gasteiger partial charge is 0.309 e. The molecule has 1 spiro atoms. The van der Waals surface area contributed by atoms with E-state index < -0.39 is 17.6 Å². The van der Waals surface area contributed by atoms with E-state index in [1.165, 1.54) is 6.42 Å². The van der Waals surface area contributed by atoms with Crippen molar-refractivity contribution >= 4 is 11.8 Å². The van der Waals surface area contributed by atoms with Crippen molar-refractivity contribution in [2.75, 3.05) is 26.3 Å². The normalized spacial score (nSPS) is 29.6. The molecule has 3 aliphatic rings. The fourth-order valence-corrected chi connectivity index (χ4v) is 3.45. The highest BCUT2D eigenvalue weighted by Gasteiger charge is 2.42. The topological polar surface area (TPSA) is 85.9 Å². The number of rotatable bonds is 4. The molecule has 0 radical (unpaired) electrons. The van der Waals surface area contributed by atoms with Gasteiger partial charge in [0.25, 0.3) is 0 Å². The first-order valence-corrected chi connectivity index (χ1v) is 8.66. The van der Waals surface area contributed by atoms with Gasteiger partial charge in [0.1, 0.15) is 6.10 Å². The van der Waals surface area contributed by atoms with Crippen LogP contribution < -0.4 is 10.6 Å². The SMILES string of the molecule is O=C(NC[C@@H]1CCCO1)C(=O)NC[C@@H]1COC2(CCCCC2)O1. The second-order valence-electron chi connectivity index (χ2n) is 6.58. The van der Waals surface area contributed by atoms with Crippen molar-refractivity contribution in [2.24, 2.45) is 0 Å². The van der Waals surface area contributed by atoms with Crippen LogP contribution in [0.15, 0.2) is 0 Å². The van der Waals surface area contributed by atoms with E-state index >= 15 is 0 Å². The Bertz CT molecular complexity index is 430. The summed E-state index contributed by atoms with van der Waals surface area (Å²) >= 11 is 0. The molecule has 2 amide bonds. The molecule has 7 heteroatoms. The first kappa shape index (κ1) is 16.7. The molecular weight excluding hydrogens is 300 g/mol. The number of hydrogen-bond acceptors (Lipinski definition) is 5. The van der Waals surface area contributed by atoms with Crippen LogP contribution in [0.4, 0.5) is 0 Å². The van der Waals surface area contributed by atoms with Gasteiger partial charge in [-0.05, 0) is 25.7 Å². The van der Waals surface area contributed by atoms with Crippen LogP contribution in [0.2, 0.25) is 0 Å². The Morgan fingerprint density at radius 3 is 2.30 bits per heavy atom. The number of hydrogen-bond donors (Lipinski definition) is 2. The molecule has 1 saturated carbocycles. The second kappa shape index (κ2) is 7.59. The molecule has 0 aromatic carbocycles. The Morgan fingerprint density at radius 2 is 1.65 bits per heavy atom. The van der Waals surface area contributed by atoms with Crippen LogP contribution in [-0.4, -0.2) is 56.1 Å². The molecule has 3 fully saturated rings. The maximum Gasteiger partial charge on any atom is 0.309 e. The van der Waals surface area contributed by atoms with Crippen molar-refractivity contribution in [2.45, 2.75) is 62.9 Å². The van der Waals surface area contributed by atoms with Gasteiger partial charge >= 0.3 is 11.8 Å². The minimum atomic E-state index is -0.629. The third-order valence-corrected chi connectivity index (χ3v) is 4.74. The predicted octanol–water partition coefficient (Wildman–Crippen LogP) is 0.474. The minimum absolute atomic E-state index is 0.0319. The first-order chi connectivity index (χ1) is 11.2. The van der Waals surface area contributed by atoms with Gasteiger partial charge in [-0.25, -0.2) is 0 Å². The van der Waals surface area contributed by atoms with Gasteiger partial charge in [-0.15, -0.1) is 0 Å². The molecule has 2 saturated heterocycles. The zero-order chi connectivity index (χ0) is 16.1. The average molecular weight is 326 g/mol. The van der Waals surface area contributed by atoms with E-state index in [0.717, 1.165) is 45.1 Å². The fraction of sp³-hybridized carbons (Fsp3) is 0.875. The van der Waals surface area contributed by atoms with Gasteiger partial charge in [0.2, 0.25) is 0 Å². The number of nitrogens with one attached hydrogen (secondary N) is 2. The van der Waals surface area contributed by atoms with E-state index in [9.17, 15) is 9.59 Å². The molecular formula is C16H26N2O5. The molecule has 0 bridgehead atoms. The molecule has 1 aliphatic carbocycles. The van der Waals surface area contributed by atoms with Gasteiger partial charge in [0, 0.05) is 32.5 Å². The van der Waals surface area contributed by atoms with Crippen molar-refractivity contribution in [3.8, 4) is 0 Å². The van der Waals surface area contributed by atoms with Crippen LogP contribution in [0, 0.1) is 0 Å². The maximum atomic E-state index is 11.8. The molecule has 0 aromatic rings. The summed E-state index contributed by atoms with van der Waals surface area (Å²) in [4.78, 5) is 23.6. The zero-order valence-corrected chi connectivity index (χ0v) is 13.5. The number of carbonyl (C=O) groups excluding carboxylic acids is 2. The van der Waals surface area contributed by atoms with Gasteiger partial charge in [0.05, 0.1) is 12.7 Å². The molecule has 3 rings (SSSR count). The number of amides is 2. The van der Waals surface area contributed by atoms with Crippen molar-refractivity contribution in [1.29, 1.82) is 0 Å². The Morgan fingerprint density at radius 1 is 0.957 bits per heavy atom. The lowest BCUT2D eigenvalue weighted by Crippen LogP contribution is -2.45.